The molecule has 2 aromatic carbocycles. The van der Waals surface area contributed by atoms with Gasteiger partial charge in [-0.05, 0) is 48.2 Å². The molecule has 1 N–H and O–H groups in total. The van der Waals surface area contributed by atoms with Crippen molar-refractivity contribution in [2.45, 2.75) is 71.6 Å². The maximum absolute atomic E-state index is 12.0. The van der Waals surface area contributed by atoms with E-state index in [1.54, 1.807) is 24.3 Å². The van der Waals surface area contributed by atoms with Gasteiger partial charge in [0.25, 0.3) is 0 Å². The monoisotopic (exact) mass is 425 g/mol. The third-order valence-electron chi connectivity index (χ3n) is 5.02. The first-order valence-corrected chi connectivity index (χ1v) is 11.5. The minimum Gasteiger partial charge on any atom is -0.427 e. The molecule has 31 heavy (non-hydrogen) atoms. The van der Waals surface area contributed by atoms with E-state index in [1.165, 1.54) is 25.7 Å². The molecule has 0 heterocycles. The van der Waals surface area contributed by atoms with E-state index in [9.17, 15) is 9.59 Å². The average Bonchev–Trinajstić information content (AvgIpc) is 2.77. The van der Waals surface area contributed by atoms with Crippen molar-refractivity contribution in [1.29, 1.82) is 0 Å². The Hall–Kier alpha value is -2.82. The Labute approximate surface area is 186 Å². The summed E-state index contributed by atoms with van der Waals surface area (Å²) in [6.45, 7) is 4.88. The first-order chi connectivity index (χ1) is 15.1. The first-order valence-electron chi connectivity index (χ1n) is 11.5. The topological polar surface area (TPSA) is 64.6 Å². The predicted octanol–water partition coefficient (Wildman–Crippen LogP) is 6.90. The van der Waals surface area contributed by atoms with Crippen molar-refractivity contribution in [2.75, 3.05) is 6.54 Å². The van der Waals surface area contributed by atoms with Crippen LogP contribution in [0.25, 0.3) is 11.1 Å². The van der Waals surface area contributed by atoms with E-state index in [4.69, 9.17) is 9.47 Å². The summed E-state index contributed by atoms with van der Waals surface area (Å²) in [4.78, 5) is 23.7. The summed E-state index contributed by atoms with van der Waals surface area (Å²) < 4.78 is 10.7. The lowest BCUT2D eigenvalue weighted by atomic mass is 10.1. The molecule has 0 spiro atoms. The smallest absolute Gasteiger partial charge is 0.412 e. The van der Waals surface area contributed by atoms with Crippen LogP contribution in [0.4, 0.5) is 4.79 Å². The molecule has 0 saturated carbocycles. The third-order valence-corrected chi connectivity index (χ3v) is 5.02. The molecule has 1 amide bonds. The van der Waals surface area contributed by atoms with E-state index in [0.29, 0.717) is 24.5 Å². The Morgan fingerprint density at radius 3 is 1.77 bits per heavy atom. The van der Waals surface area contributed by atoms with Gasteiger partial charge in [0, 0.05) is 13.0 Å². The van der Waals surface area contributed by atoms with Crippen LogP contribution in [0.15, 0.2) is 48.5 Å². The minimum atomic E-state index is -0.437. The van der Waals surface area contributed by atoms with E-state index in [2.05, 4.69) is 19.2 Å². The van der Waals surface area contributed by atoms with Gasteiger partial charge >= 0.3 is 12.1 Å². The number of amides is 1. The van der Waals surface area contributed by atoms with E-state index in [1.807, 2.05) is 24.3 Å². The number of benzene rings is 2. The van der Waals surface area contributed by atoms with Gasteiger partial charge in [0.15, 0.2) is 0 Å². The molecule has 2 aromatic rings. The highest BCUT2D eigenvalue weighted by Gasteiger charge is 2.07. The van der Waals surface area contributed by atoms with Crippen LogP contribution in [0.5, 0.6) is 11.5 Å². The molecule has 0 unspecified atom stereocenters. The molecule has 0 saturated heterocycles. The summed E-state index contributed by atoms with van der Waals surface area (Å²) in [5.41, 5.74) is 1.98. The highest BCUT2D eigenvalue weighted by molar-refractivity contribution is 5.73. The van der Waals surface area contributed by atoms with E-state index >= 15 is 0 Å². The van der Waals surface area contributed by atoms with Crippen molar-refractivity contribution in [3.8, 4) is 22.6 Å². The van der Waals surface area contributed by atoms with Gasteiger partial charge in [-0.1, -0.05) is 76.6 Å². The molecule has 0 bridgehead atoms. The molecular weight excluding hydrogens is 390 g/mol. The Bertz CT molecular complexity index is 784. The third kappa shape index (κ3) is 9.69. The van der Waals surface area contributed by atoms with E-state index in [-0.39, 0.29) is 5.97 Å². The van der Waals surface area contributed by atoms with Gasteiger partial charge in [0.1, 0.15) is 11.5 Å². The lowest BCUT2D eigenvalue weighted by Gasteiger charge is -2.08. The number of unbranched alkanes of at least 4 members (excludes halogenated alkanes) is 6. The highest BCUT2D eigenvalue weighted by atomic mass is 16.6. The number of carbonyl (C=O) groups excluding carboxylic acids is 2. The van der Waals surface area contributed by atoms with Crippen LogP contribution in [0.2, 0.25) is 0 Å². The molecule has 0 aromatic heterocycles. The fourth-order valence-corrected chi connectivity index (χ4v) is 3.17. The lowest BCUT2D eigenvalue weighted by molar-refractivity contribution is -0.134. The lowest BCUT2D eigenvalue weighted by Crippen LogP contribution is -2.27. The maximum Gasteiger partial charge on any atom is 0.412 e. The second-order valence-corrected chi connectivity index (χ2v) is 7.71. The fraction of sp³-hybridized carbons (Fsp3) is 0.462. The molecule has 2 rings (SSSR count). The molecule has 0 aliphatic rings. The van der Waals surface area contributed by atoms with Gasteiger partial charge in [0.2, 0.25) is 0 Å². The summed E-state index contributed by atoms with van der Waals surface area (Å²) in [5.74, 6) is 0.878. The van der Waals surface area contributed by atoms with Crippen molar-refractivity contribution < 1.29 is 19.1 Å². The quantitative estimate of drug-likeness (QED) is 0.215. The zero-order valence-electron chi connectivity index (χ0n) is 18.8. The Morgan fingerprint density at radius 1 is 0.677 bits per heavy atom. The highest BCUT2D eigenvalue weighted by Crippen LogP contribution is 2.25. The van der Waals surface area contributed by atoms with Gasteiger partial charge in [-0.2, -0.15) is 0 Å². The number of hydrogen-bond acceptors (Lipinski definition) is 4. The molecule has 5 nitrogen and oxygen atoms in total. The minimum absolute atomic E-state index is 0.179. The zero-order valence-corrected chi connectivity index (χ0v) is 18.8. The molecule has 0 fully saturated rings. The molecular formula is C26H35NO4. The SMILES string of the molecule is CCCCCCCCC(=O)Oc1ccc(-c2ccc(OC(=O)NCCCC)cc2)cc1. The molecule has 0 aliphatic heterocycles. The summed E-state index contributed by atoms with van der Waals surface area (Å²) >= 11 is 0. The van der Waals surface area contributed by atoms with Crippen LogP contribution >= 0.6 is 0 Å². The Balaban J connectivity index is 1.78. The summed E-state index contributed by atoms with van der Waals surface area (Å²) in [6.07, 6.45) is 8.85. The Morgan fingerprint density at radius 2 is 1.19 bits per heavy atom. The standard InChI is InChI=1S/C26H35NO4/c1-3-5-7-8-9-10-11-25(28)30-23-16-12-21(13-17-23)22-14-18-24(19-15-22)31-26(29)27-20-6-4-2/h12-19H,3-11,20H2,1-2H3,(H,27,29). The molecule has 0 radical (unpaired) electrons. The maximum atomic E-state index is 12.0. The molecule has 5 heteroatoms. The average molecular weight is 426 g/mol. The van der Waals surface area contributed by atoms with Crippen molar-refractivity contribution >= 4 is 12.1 Å². The zero-order chi connectivity index (χ0) is 22.3. The fourth-order valence-electron chi connectivity index (χ4n) is 3.17. The van der Waals surface area contributed by atoms with Gasteiger partial charge in [-0.3, -0.25) is 4.79 Å². The van der Waals surface area contributed by atoms with Crippen molar-refractivity contribution in [3.05, 3.63) is 48.5 Å². The van der Waals surface area contributed by atoms with Crippen LogP contribution in [0.1, 0.15) is 71.6 Å². The van der Waals surface area contributed by atoms with Gasteiger partial charge in [0.05, 0.1) is 0 Å². The number of carbonyl (C=O) groups is 2. The number of esters is 1. The van der Waals surface area contributed by atoms with Crippen LogP contribution < -0.4 is 14.8 Å². The van der Waals surface area contributed by atoms with Gasteiger partial charge in [-0.25, -0.2) is 4.79 Å². The number of ether oxygens (including phenoxy) is 2. The predicted molar refractivity (Wildman–Crippen MR) is 124 cm³/mol. The van der Waals surface area contributed by atoms with Crippen molar-refractivity contribution in [3.63, 3.8) is 0 Å². The summed E-state index contributed by atoms with van der Waals surface area (Å²) in [5, 5.41) is 2.72. The first kappa shape index (κ1) is 24.4. The van der Waals surface area contributed by atoms with E-state index < -0.39 is 6.09 Å². The van der Waals surface area contributed by atoms with E-state index in [0.717, 1.165) is 36.8 Å². The molecule has 0 atom stereocenters. The van der Waals surface area contributed by atoms with Crippen LogP contribution in [-0.4, -0.2) is 18.6 Å². The largest absolute Gasteiger partial charge is 0.427 e. The van der Waals surface area contributed by atoms with Gasteiger partial charge in [-0.15, -0.1) is 0 Å². The number of nitrogens with one attached hydrogen (secondary N) is 1. The van der Waals surface area contributed by atoms with Crippen molar-refractivity contribution in [1.82, 2.24) is 5.32 Å². The normalized spacial score (nSPS) is 10.5. The second-order valence-electron chi connectivity index (χ2n) is 7.71. The van der Waals surface area contributed by atoms with Crippen LogP contribution in [0, 0.1) is 0 Å². The molecule has 168 valence electrons. The van der Waals surface area contributed by atoms with Gasteiger partial charge < -0.3 is 14.8 Å². The Kier molecular flexibility index (Phi) is 11.2. The second kappa shape index (κ2) is 14.2. The van der Waals surface area contributed by atoms with Crippen LogP contribution in [-0.2, 0) is 4.79 Å². The van der Waals surface area contributed by atoms with Crippen LogP contribution in [0.3, 0.4) is 0 Å². The van der Waals surface area contributed by atoms with Crippen molar-refractivity contribution in [2.24, 2.45) is 0 Å². The summed E-state index contributed by atoms with van der Waals surface area (Å²) in [6, 6.07) is 14.8. The summed E-state index contributed by atoms with van der Waals surface area (Å²) in [7, 11) is 0. The number of rotatable bonds is 13. The number of hydrogen-bond donors (Lipinski definition) is 1. The molecule has 0 aliphatic carbocycles.